The van der Waals surface area contributed by atoms with E-state index >= 15 is 0 Å². The van der Waals surface area contributed by atoms with Gasteiger partial charge in [0.1, 0.15) is 36.8 Å². The molecule has 0 aromatic carbocycles. The lowest BCUT2D eigenvalue weighted by molar-refractivity contribution is -0.309. The number of carboxylic acids is 2. The molecule has 11 N–H and O–H groups in total. The van der Waals surface area contributed by atoms with Gasteiger partial charge in [-0.25, -0.2) is 14.4 Å². The smallest absolute Gasteiger partial charge is 0.364 e. The minimum absolute atomic E-state index is 0.123. The Kier molecular flexibility index (Phi) is 11.0. The number of rotatable bonds is 13. The Hall–Kier alpha value is -3.72. The van der Waals surface area contributed by atoms with Crippen LogP contribution in [0.1, 0.15) is 13.3 Å². The Morgan fingerprint density at radius 1 is 1.25 bits per heavy atom. The Balaban J connectivity index is 2.20. The molecule has 1 fully saturated rings. The van der Waals surface area contributed by atoms with E-state index in [0.29, 0.717) is 0 Å². The molecular formula is C21H31N5O14. The van der Waals surface area contributed by atoms with Crippen LogP contribution in [-0.2, 0) is 35.2 Å². The first-order chi connectivity index (χ1) is 18.6. The number of nitrogens with two attached hydrogens (primary N) is 1. The number of ether oxygens (including phenoxy) is 2. The van der Waals surface area contributed by atoms with Gasteiger partial charge in [0.15, 0.2) is 6.04 Å². The molecule has 2 amide bonds. The summed E-state index contributed by atoms with van der Waals surface area (Å²) in [6, 6.07) is -2.28. The molecule has 1 aliphatic heterocycles. The number of hydrogen-bond donors (Lipinski definition) is 10. The van der Waals surface area contributed by atoms with E-state index in [1.54, 1.807) is 0 Å². The Bertz CT molecular complexity index is 1150. The summed E-state index contributed by atoms with van der Waals surface area (Å²) in [5.41, 5.74) is 4.46. The third-order valence-corrected chi connectivity index (χ3v) is 5.87. The highest BCUT2D eigenvalue weighted by molar-refractivity contribution is 5.85. The topological polar surface area (TPSA) is 313 Å². The summed E-state index contributed by atoms with van der Waals surface area (Å²) in [7, 11) is 0. The first-order valence-corrected chi connectivity index (χ1v) is 11.6. The largest absolute Gasteiger partial charge is 0.480 e. The number of aliphatic carboxylic acids is 2. The highest BCUT2D eigenvalue weighted by Crippen LogP contribution is 2.33. The summed E-state index contributed by atoms with van der Waals surface area (Å²) in [5.74, 6) is -8.60. The average Bonchev–Trinajstić information content (AvgIpc) is 2.87. The number of aliphatic hydroxyl groups excluding tert-OH is 5. The van der Waals surface area contributed by atoms with Crippen LogP contribution in [-0.4, -0.2) is 131 Å². The van der Waals surface area contributed by atoms with E-state index in [1.807, 2.05) is 5.32 Å². The fraction of sp³-hybridized carbons (Fsp3) is 0.619. The molecule has 8 atom stereocenters. The molecule has 1 saturated heterocycles. The van der Waals surface area contributed by atoms with Crippen LogP contribution in [0.2, 0.25) is 0 Å². The van der Waals surface area contributed by atoms with E-state index in [2.05, 4.69) is 10.3 Å². The highest BCUT2D eigenvalue weighted by atomic mass is 16.7. The van der Waals surface area contributed by atoms with Gasteiger partial charge in [-0.1, -0.05) is 0 Å². The lowest BCUT2D eigenvalue weighted by Crippen LogP contribution is -2.68. The van der Waals surface area contributed by atoms with Gasteiger partial charge in [0.25, 0.3) is 5.79 Å². The summed E-state index contributed by atoms with van der Waals surface area (Å²) in [5, 5.41) is 73.7. The molecule has 0 spiro atoms. The normalized spacial score (nSPS) is 25.7. The highest BCUT2D eigenvalue weighted by Gasteiger charge is 2.56. The third kappa shape index (κ3) is 7.91. The van der Waals surface area contributed by atoms with Crippen molar-refractivity contribution in [1.29, 1.82) is 0 Å². The standard InChI is InChI=1S/C21H31N5O14/c1-8(28)23-14-9(29)4-21(19(36)37,40-17(14)16(33)11(31)6-27)39-7-13(32)25-15(18(34)35)10(30)5-26-3-2-12(22)24-20(26)38/h2-3,9-11,14-17,27,29-31,33H,4-7H2,1H3,(H,23,28)(H,25,32)(H,34,35)(H,36,37)(H2,22,24,38)/t9-,10-,11+,14+,15-,16+,17+,21+/m0/s1. The van der Waals surface area contributed by atoms with Gasteiger partial charge in [-0.15, -0.1) is 0 Å². The fourth-order valence-electron chi connectivity index (χ4n) is 3.88. The van der Waals surface area contributed by atoms with Gasteiger partial charge in [-0.05, 0) is 6.07 Å². The van der Waals surface area contributed by atoms with Crippen LogP contribution in [0, 0.1) is 0 Å². The maximum absolute atomic E-state index is 12.5. The molecule has 19 nitrogen and oxygen atoms in total. The number of aromatic nitrogens is 2. The lowest BCUT2D eigenvalue weighted by atomic mass is 9.88. The van der Waals surface area contributed by atoms with E-state index in [9.17, 15) is 54.6 Å². The molecule has 0 unspecified atom stereocenters. The van der Waals surface area contributed by atoms with Gasteiger partial charge in [0.05, 0.1) is 25.3 Å². The van der Waals surface area contributed by atoms with Gasteiger partial charge in [-0.3, -0.25) is 14.2 Å². The third-order valence-electron chi connectivity index (χ3n) is 5.87. The number of amides is 2. The van der Waals surface area contributed by atoms with Gasteiger partial charge in [-0.2, -0.15) is 4.98 Å². The van der Waals surface area contributed by atoms with Crippen molar-refractivity contribution in [3.8, 4) is 0 Å². The first kappa shape index (κ1) is 32.5. The number of hydrogen-bond acceptors (Lipinski definition) is 14. The SMILES string of the molecule is CC(=O)N[C@H]1[C@H]([C@H](O)[C@H](O)CO)O[C@@](OCC(=O)N[C@H](C(=O)O)[C@@H](O)Cn2ccc(N)nc2=O)(C(=O)O)C[C@@H]1O. The molecule has 19 heteroatoms. The van der Waals surface area contributed by atoms with E-state index in [-0.39, 0.29) is 5.82 Å². The molecular weight excluding hydrogens is 546 g/mol. The number of anilines is 1. The van der Waals surface area contributed by atoms with Crippen molar-refractivity contribution >= 4 is 29.6 Å². The molecule has 2 rings (SSSR count). The average molecular weight is 578 g/mol. The summed E-state index contributed by atoms with van der Waals surface area (Å²) in [6.45, 7) is -1.80. The molecule has 2 heterocycles. The maximum Gasteiger partial charge on any atom is 0.364 e. The van der Waals surface area contributed by atoms with Gasteiger partial charge in [0.2, 0.25) is 11.8 Å². The number of nitrogens with one attached hydrogen (secondary N) is 2. The second-order valence-electron chi connectivity index (χ2n) is 8.91. The van der Waals surface area contributed by atoms with Crippen LogP contribution >= 0.6 is 0 Å². The van der Waals surface area contributed by atoms with E-state index in [1.165, 1.54) is 6.07 Å². The molecule has 224 valence electrons. The number of carbonyl (C=O) groups excluding carboxylic acids is 2. The van der Waals surface area contributed by atoms with Crippen LogP contribution in [0.3, 0.4) is 0 Å². The molecule has 0 saturated carbocycles. The monoisotopic (exact) mass is 577 g/mol. The van der Waals surface area contributed by atoms with Crippen molar-refractivity contribution in [3.63, 3.8) is 0 Å². The number of carboxylic acid groups (broad SMARTS) is 2. The van der Waals surface area contributed by atoms with Gasteiger partial charge in [0, 0.05) is 19.5 Å². The fourth-order valence-corrected chi connectivity index (χ4v) is 3.88. The summed E-state index contributed by atoms with van der Waals surface area (Å²) in [4.78, 5) is 63.1. The minimum atomic E-state index is -2.85. The van der Waals surface area contributed by atoms with E-state index in [0.717, 1.165) is 17.7 Å². The predicted octanol–water partition coefficient (Wildman–Crippen LogP) is -6.08. The van der Waals surface area contributed by atoms with Gasteiger partial charge < -0.3 is 61.6 Å². The Labute approximate surface area is 224 Å². The molecule has 1 aromatic heterocycles. The summed E-state index contributed by atoms with van der Waals surface area (Å²) < 4.78 is 11.3. The second kappa shape index (κ2) is 13.6. The number of nitrogen functional groups attached to an aromatic ring is 1. The molecule has 40 heavy (non-hydrogen) atoms. The van der Waals surface area contributed by atoms with Crippen LogP contribution in [0.25, 0.3) is 0 Å². The second-order valence-corrected chi connectivity index (χ2v) is 8.91. The number of nitrogens with zero attached hydrogens (tertiary/aromatic N) is 2. The molecule has 0 aliphatic carbocycles. The van der Waals surface area contributed by atoms with Crippen molar-refractivity contribution in [1.82, 2.24) is 20.2 Å². The zero-order chi connectivity index (χ0) is 30.4. The molecule has 1 aliphatic rings. The maximum atomic E-state index is 12.5. The lowest BCUT2D eigenvalue weighted by Gasteiger charge is -2.46. The van der Waals surface area contributed by atoms with Gasteiger partial charge >= 0.3 is 17.6 Å². The summed E-state index contributed by atoms with van der Waals surface area (Å²) in [6.07, 6.45) is -9.25. The predicted molar refractivity (Wildman–Crippen MR) is 127 cm³/mol. The zero-order valence-corrected chi connectivity index (χ0v) is 21.0. The van der Waals surface area contributed by atoms with Crippen molar-refractivity contribution in [3.05, 3.63) is 22.7 Å². The van der Waals surface area contributed by atoms with Crippen molar-refractivity contribution in [2.45, 2.75) is 68.3 Å². The Morgan fingerprint density at radius 2 is 1.90 bits per heavy atom. The van der Waals surface area contributed by atoms with Crippen molar-refractivity contribution in [2.75, 3.05) is 18.9 Å². The quantitative estimate of drug-likeness (QED) is 0.104. The number of aliphatic hydroxyl groups is 5. The Morgan fingerprint density at radius 3 is 2.42 bits per heavy atom. The van der Waals surface area contributed by atoms with Crippen LogP contribution in [0.15, 0.2) is 17.1 Å². The summed E-state index contributed by atoms with van der Waals surface area (Å²) >= 11 is 0. The van der Waals surface area contributed by atoms with Crippen LogP contribution < -0.4 is 22.1 Å². The molecule has 1 aromatic rings. The molecule has 0 radical (unpaired) electrons. The zero-order valence-electron chi connectivity index (χ0n) is 21.0. The molecule has 0 bridgehead atoms. The van der Waals surface area contributed by atoms with E-state index in [4.69, 9.17) is 20.3 Å². The van der Waals surface area contributed by atoms with E-state index < -0.39 is 104 Å². The number of carbonyl (C=O) groups is 4. The van der Waals surface area contributed by atoms with Crippen LogP contribution in [0.5, 0.6) is 0 Å². The van der Waals surface area contributed by atoms with Crippen LogP contribution in [0.4, 0.5) is 5.82 Å². The van der Waals surface area contributed by atoms with Crippen molar-refractivity contribution in [2.24, 2.45) is 0 Å². The minimum Gasteiger partial charge on any atom is -0.480 e. The van der Waals surface area contributed by atoms with Crippen molar-refractivity contribution < 1.29 is 64.4 Å². The first-order valence-electron chi connectivity index (χ1n) is 11.6.